The first kappa shape index (κ1) is 20.4. The number of nitrogens with one attached hydrogen (secondary N) is 1. The van der Waals surface area contributed by atoms with Gasteiger partial charge in [-0.1, -0.05) is 12.1 Å². The summed E-state index contributed by atoms with van der Waals surface area (Å²) in [6.45, 7) is 1.66. The molecule has 2 heterocycles. The molecule has 0 atom stereocenters. The molecule has 0 bridgehead atoms. The number of nitro groups is 1. The molecule has 1 fully saturated rings. The van der Waals surface area contributed by atoms with E-state index in [1.54, 1.807) is 36.6 Å². The number of benzene rings is 2. The zero-order chi connectivity index (χ0) is 22.1. The lowest BCUT2D eigenvalue weighted by Gasteiger charge is -2.13. The van der Waals surface area contributed by atoms with Crippen LogP contribution < -0.4 is 10.2 Å². The van der Waals surface area contributed by atoms with Gasteiger partial charge >= 0.3 is 0 Å². The van der Waals surface area contributed by atoms with Gasteiger partial charge in [-0.25, -0.2) is 4.98 Å². The molecule has 0 radical (unpaired) electrons. The summed E-state index contributed by atoms with van der Waals surface area (Å²) < 4.78 is 0. The molecule has 0 spiro atoms. The van der Waals surface area contributed by atoms with Crippen molar-refractivity contribution in [3.05, 3.63) is 69.1 Å². The highest BCUT2D eigenvalue weighted by atomic mass is 32.1. The third kappa shape index (κ3) is 4.05. The summed E-state index contributed by atoms with van der Waals surface area (Å²) in [5.41, 5.74) is 2.43. The smallest absolute Gasteiger partial charge is 0.272 e. The van der Waals surface area contributed by atoms with Gasteiger partial charge in [0.05, 0.1) is 16.3 Å². The molecule has 0 aliphatic carbocycles. The third-order valence-electron chi connectivity index (χ3n) is 4.87. The number of anilines is 2. The van der Waals surface area contributed by atoms with Crippen LogP contribution in [0.1, 0.15) is 28.8 Å². The van der Waals surface area contributed by atoms with Crippen LogP contribution in [0.5, 0.6) is 0 Å². The molecule has 0 unspecified atom stereocenters. The van der Waals surface area contributed by atoms with Crippen LogP contribution in [-0.4, -0.2) is 27.6 Å². The number of carbonyl (C=O) groups excluding carboxylic acids is 3. The van der Waals surface area contributed by atoms with Crippen molar-refractivity contribution in [3.8, 4) is 11.3 Å². The van der Waals surface area contributed by atoms with Crippen LogP contribution in [0.3, 0.4) is 0 Å². The van der Waals surface area contributed by atoms with Crippen molar-refractivity contribution in [2.24, 2.45) is 0 Å². The number of nitro benzene ring substituents is 1. The number of nitrogens with zero attached hydrogens (tertiary/aromatic N) is 3. The molecule has 31 heavy (non-hydrogen) atoms. The Hall–Kier alpha value is -3.92. The fourth-order valence-electron chi connectivity index (χ4n) is 3.22. The summed E-state index contributed by atoms with van der Waals surface area (Å²) in [6.07, 6.45) is 0.384. The van der Waals surface area contributed by atoms with Gasteiger partial charge in [0.1, 0.15) is 0 Å². The first-order valence-electron chi connectivity index (χ1n) is 9.31. The number of aromatic nitrogens is 1. The Kier molecular flexibility index (Phi) is 5.30. The average Bonchev–Trinajstić information content (AvgIpc) is 3.34. The van der Waals surface area contributed by atoms with E-state index in [4.69, 9.17) is 0 Å². The minimum Gasteiger partial charge on any atom is -0.298 e. The van der Waals surface area contributed by atoms with E-state index < -0.39 is 10.8 Å². The van der Waals surface area contributed by atoms with E-state index in [0.717, 1.165) is 4.90 Å². The van der Waals surface area contributed by atoms with E-state index in [1.807, 2.05) is 0 Å². The molecule has 9 nitrogen and oxygen atoms in total. The van der Waals surface area contributed by atoms with E-state index in [0.29, 0.717) is 33.2 Å². The number of rotatable bonds is 5. The van der Waals surface area contributed by atoms with E-state index >= 15 is 0 Å². The summed E-state index contributed by atoms with van der Waals surface area (Å²) >= 11 is 1.20. The minimum atomic E-state index is -0.444. The Morgan fingerprint density at radius 3 is 2.45 bits per heavy atom. The quantitative estimate of drug-likeness (QED) is 0.367. The molecule has 10 heteroatoms. The van der Waals surface area contributed by atoms with Crippen LogP contribution in [0, 0.1) is 17.0 Å². The van der Waals surface area contributed by atoms with Crippen molar-refractivity contribution < 1.29 is 19.3 Å². The van der Waals surface area contributed by atoms with E-state index in [9.17, 15) is 24.5 Å². The van der Waals surface area contributed by atoms with Crippen molar-refractivity contribution in [2.45, 2.75) is 19.8 Å². The predicted octanol–water partition coefficient (Wildman–Crippen LogP) is 3.93. The molecule has 2 aromatic carbocycles. The van der Waals surface area contributed by atoms with Gasteiger partial charge in [0.15, 0.2) is 5.13 Å². The van der Waals surface area contributed by atoms with Crippen LogP contribution in [0.15, 0.2) is 47.8 Å². The molecular weight excluding hydrogens is 420 g/mol. The topological polar surface area (TPSA) is 123 Å². The number of amides is 3. The summed E-state index contributed by atoms with van der Waals surface area (Å²) in [4.78, 5) is 52.3. The zero-order valence-electron chi connectivity index (χ0n) is 16.3. The minimum absolute atomic E-state index is 0.00569. The molecule has 0 saturated carbocycles. The lowest BCUT2D eigenvalue weighted by Crippen LogP contribution is -2.28. The molecule has 1 saturated heterocycles. The molecule has 3 aromatic rings. The summed E-state index contributed by atoms with van der Waals surface area (Å²) in [5, 5.41) is 15.9. The summed E-state index contributed by atoms with van der Waals surface area (Å²) in [7, 11) is 0. The van der Waals surface area contributed by atoms with Crippen LogP contribution in [0.2, 0.25) is 0 Å². The highest BCUT2D eigenvalue weighted by Gasteiger charge is 2.30. The van der Waals surface area contributed by atoms with Crippen molar-refractivity contribution in [1.29, 1.82) is 0 Å². The fraction of sp³-hybridized carbons (Fsp3) is 0.143. The average molecular weight is 436 g/mol. The number of carbonyl (C=O) groups is 3. The number of hydrogen-bond donors (Lipinski definition) is 1. The Morgan fingerprint density at radius 2 is 1.81 bits per heavy atom. The Labute approximate surface area is 180 Å². The molecule has 1 aliphatic rings. The molecule has 3 amide bonds. The summed E-state index contributed by atoms with van der Waals surface area (Å²) in [6, 6.07) is 11.0. The van der Waals surface area contributed by atoms with Gasteiger partial charge in [-0.05, 0) is 31.2 Å². The number of hydrogen-bond acceptors (Lipinski definition) is 7. The molecule has 4 rings (SSSR count). The van der Waals surface area contributed by atoms with Crippen LogP contribution in [0.25, 0.3) is 11.3 Å². The first-order valence-corrected chi connectivity index (χ1v) is 10.2. The maximum absolute atomic E-state index is 12.5. The second-order valence-corrected chi connectivity index (χ2v) is 7.78. The lowest BCUT2D eigenvalue weighted by atomic mass is 10.1. The van der Waals surface area contributed by atoms with Gasteiger partial charge in [0, 0.05) is 41.0 Å². The van der Waals surface area contributed by atoms with E-state index in [-0.39, 0.29) is 30.3 Å². The largest absolute Gasteiger partial charge is 0.298 e. The second kappa shape index (κ2) is 8.07. The van der Waals surface area contributed by atoms with Gasteiger partial charge in [-0.15, -0.1) is 11.3 Å². The van der Waals surface area contributed by atoms with Crippen molar-refractivity contribution in [1.82, 2.24) is 4.98 Å². The van der Waals surface area contributed by atoms with Gasteiger partial charge in [-0.3, -0.25) is 34.7 Å². The van der Waals surface area contributed by atoms with Gasteiger partial charge in [-0.2, -0.15) is 0 Å². The highest BCUT2D eigenvalue weighted by Crippen LogP contribution is 2.30. The number of aryl methyl sites for hydroxylation is 1. The number of imide groups is 1. The van der Waals surface area contributed by atoms with Crippen molar-refractivity contribution in [2.75, 3.05) is 10.2 Å². The molecular formula is C21H16N4O5S. The van der Waals surface area contributed by atoms with Gasteiger partial charge in [0.2, 0.25) is 11.8 Å². The van der Waals surface area contributed by atoms with Crippen molar-refractivity contribution in [3.63, 3.8) is 0 Å². The summed E-state index contributed by atoms with van der Waals surface area (Å²) in [5.74, 6) is -0.913. The zero-order valence-corrected chi connectivity index (χ0v) is 17.1. The molecule has 1 aromatic heterocycles. The number of thiazole rings is 1. The van der Waals surface area contributed by atoms with Gasteiger partial charge < -0.3 is 0 Å². The second-order valence-electron chi connectivity index (χ2n) is 6.92. The predicted molar refractivity (Wildman–Crippen MR) is 115 cm³/mol. The fourth-order valence-corrected chi connectivity index (χ4v) is 3.94. The maximum Gasteiger partial charge on any atom is 0.272 e. The van der Waals surface area contributed by atoms with Crippen LogP contribution >= 0.6 is 11.3 Å². The third-order valence-corrected chi connectivity index (χ3v) is 5.62. The van der Waals surface area contributed by atoms with Crippen molar-refractivity contribution >= 4 is 45.6 Å². The highest BCUT2D eigenvalue weighted by molar-refractivity contribution is 7.14. The van der Waals surface area contributed by atoms with E-state index in [1.165, 1.54) is 29.5 Å². The van der Waals surface area contributed by atoms with E-state index in [2.05, 4.69) is 10.3 Å². The normalized spacial score (nSPS) is 13.5. The Balaban J connectivity index is 1.48. The Morgan fingerprint density at radius 1 is 1.13 bits per heavy atom. The monoisotopic (exact) mass is 436 g/mol. The van der Waals surface area contributed by atoms with Crippen LogP contribution in [0.4, 0.5) is 16.5 Å². The van der Waals surface area contributed by atoms with Gasteiger partial charge in [0.25, 0.3) is 11.6 Å². The lowest BCUT2D eigenvalue weighted by molar-refractivity contribution is -0.385. The Bertz CT molecular complexity index is 1200. The SMILES string of the molecule is Cc1ccc(-c2csc(NC(=O)c3ccc(N4C(=O)CCC4=O)cc3)n2)cc1[N+](=O)[O-]. The standard InChI is InChI=1S/C21H16N4O5S/c1-12-2-3-14(10-17(12)25(29)30)16-11-31-21(22-16)23-20(28)13-4-6-15(7-5-13)24-18(26)8-9-19(24)27/h2-7,10-11H,8-9H2,1H3,(H,22,23,28). The maximum atomic E-state index is 12.5. The molecule has 156 valence electrons. The first-order chi connectivity index (χ1) is 14.8. The molecule has 1 N–H and O–H groups in total. The molecule has 1 aliphatic heterocycles. The van der Waals surface area contributed by atoms with Crippen LogP contribution in [-0.2, 0) is 9.59 Å².